The number of carbonyl (C=O) groups excluding carboxylic acids is 1. The van der Waals surface area contributed by atoms with E-state index in [4.69, 9.17) is 14.2 Å². The minimum atomic E-state index is -0.267. The Balaban J connectivity index is 1.65. The van der Waals surface area contributed by atoms with Crippen molar-refractivity contribution in [3.8, 4) is 11.5 Å². The lowest BCUT2D eigenvalue weighted by atomic mass is 10.0. The Labute approximate surface area is 176 Å². The van der Waals surface area contributed by atoms with Gasteiger partial charge in [0.1, 0.15) is 24.9 Å². The molecule has 160 valence electrons. The lowest BCUT2D eigenvalue weighted by molar-refractivity contribution is -0.937. The molecule has 30 heavy (non-hydrogen) atoms. The van der Waals surface area contributed by atoms with E-state index in [9.17, 15) is 9.18 Å². The minimum Gasteiger partial charge on any atom is -0.493 e. The molecule has 1 fully saturated rings. The van der Waals surface area contributed by atoms with E-state index in [0.29, 0.717) is 31.3 Å². The average Bonchev–Trinajstić information content (AvgIpc) is 2.79. The van der Waals surface area contributed by atoms with Gasteiger partial charge in [0.15, 0.2) is 11.5 Å². The van der Waals surface area contributed by atoms with E-state index in [1.807, 2.05) is 12.1 Å². The van der Waals surface area contributed by atoms with Gasteiger partial charge in [-0.1, -0.05) is 18.2 Å². The average molecular weight is 415 g/mol. The van der Waals surface area contributed by atoms with Crippen LogP contribution in [0, 0.1) is 5.82 Å². The molecule has 2 aromatic rings. The van der Waals surface area contributed by atoms with Crippen LogP contribution < -0.4 is 19.7 Å². The van der Waals surface area contributed by atoms with Gasteiger partial charge in [0.25, 0.3) is 0 Å². The van der Waals surface area contributed by atoms with E-state index in [0.717, 1.165) is 24.2 Å². The van der Waals surface area contributed by atoms with Gasteiger partial charge < -0.3 is 24.4 Å². The smallest absolute Gasteiger partial charge is 0.244 e. The van der Waals surface area contributed by atoms with Crippen LogP contribution in [-0.4, -0.2) is 53.0 Å². The van der Waals surface area contributed by atoms with E-state index in [-0.39, 0.29) is 17.8 Å². The molecular formula is C23H28FN2O4+. The first-order valence-electron chi connectivity index (χ1n) is 9.96. The first-order chi connectivity index (χ1) is 14.6. The SMILES string of the molecule is COc1ccc(/C=C/C(=O)NC[C@@H](c2ccc(F)cc2)[NH+]2CCOCC2)cc1OC. The van der Waals surface area contributed by atoms with Gasteiger partial charge in [-0.3, -0.25) is 4.79 Å². The monoisotopic (exact) mass is 415 g/mol. The molecule has 0 aromatic heterocycles. The molecule has 1 saturated heterocycles. The Morgan fingerprint density at radius 1 is 1.13 bits per heavy atom. The van der Waals surface area contributed by atoms with Crippen molar-refractivity contribution in [1.82, 2.24) is 5.32 Å². The quantitative estimate of drug-likeness (QED) is 0.644. The van der Waals surface area contributed by atoms with Crippen molar-refractivity contribution in [2.75, 3.05) is 47.1 Å². The van der Waals surface area contributed by atoms with Crippen LogP contribution in [0.3, 0.4) is 0 Å². The number of amides is 1. The zero-order valence-corrected chi connectivity index (χ0v) is 17.3. The van der Waals surface area contributed by atoms with Gasteiger partial charge in [-0.2, -0.15) is 0 Å². The summed E-state index contributed by atoms with van der Waals surface area (Å²) >= 11 is 0. The Morgan fingerprint density at radius 3 is 2.50 bits per heavy atom. The molecule has 0 saturated carbocycles. The Hall–Kier alpha value is -2.90. The molecule has 1 aliphatic heterocycles. The molecule has 6 nitrogen and oxygen atoms in total. The maximum Gasteiger partial charge on any atom is 0.244 e. The number of halogens is 1. The summed E-state index contributed by atoms with van der Waals surface area (Å²) < 4.78 is 29.3. The Kier molecular flexibility index (Phi) is 7.82. The van der Waals surface area contributed by atoms with Gasteiger partial charge in [0.05, 0.1) is 34.0 Å². The van der Waals surface area contributed by atoms with Crippen molar-refractivity contribution in [1.29, 1.82) is 0 Å². The number of hydrogen-bond donors (Lipinski definition) is 2. The molecule has 0 unspecified atom stereocenters. The molecule has 1 heterocycles. The maximum absolute atomic E-state index is 13.3. The van der Waals surface area contributed by atoms with Crippen LogP contribution in [0.15, 0.2) is 48.5 Å². The lowest BCUT2D eigenvalue weighted by Gasteiger charge is -2.31. The molecular weight excluding hydrogens is 387 g/mol. The van der Waals surface area contributed by atoms with Crippen LogP contribution in [0.4, 0.5) is 4.39 Å². The first-order valence-corrected chi connectivity index (χ1v) is 9.96. The van der Waals surface area contributed by atoms with Gasteiger partial charge in [0.2, 0.25) is 5.91 Å². The summed E-state index contributed by atoms with van der Waals surface area (Å²) in [7, 11) is 3.15. The van der Waals surface area contributed by atoms with Gasteiger partial charge in [-0.15, -0.1) is 0 Å². The zero-order valence-electron chi connectivity index (χ0n) is 17.3. The molecule has 3 rings (SSSR count). The second-order valence-corrected chi connectivity index (χ2v) is 7.07. The van der Waals surface area contributed by atoms with Crippen LogP contribution >= 0.6 is 0 Å². The van der Waals surface area contributed by atoms with Crippen molar-refractivity contribution < 1.29 is 28.3 Å². The normalized spacial score (nSPS) is 15.7. The molecule has 1 aliphatic rings. The number of rotatable bonds is 8. The zero-order chi connectivity index (χ0) is 21.3. The fourth-order valence-corrected chi connectivity index (χ4v) is 3.57. The fraction of sp³-hybridized carbons (Fsp3) is 0.348. The highest BCUT2D eigenvalue weighted by molar-refractivity contribution is 5.91. The van der Waals surface area contributed by atoms with Crippen LogP contribution in [0.1, 0.15) is 17.2 Å². The van der Waals surface area contributed by atoms with Gasteiger partial charge in [-0.05, 0) is 35.9 Å². The van der Waals surface area contributed by atoms with Crippen LogP contribution in [0.25, 0.3) is 6.08 Å². The highest BCUT2D eigenvalue weighted by Crippen LogP contribution is 2.27. The first kappa shape index (κ1) is 21.8. The predicted octanol–water partition coefficient (Wildman–Crippen LogP) is 1.63. The minimum absolute atomic E-state index is 0.0351. The van der Waals surface area contributed by atoms with E-state index >= 15 is 0 Å². The maximum atomic E-state index is 13.3. The highest BCUT2D eigenvalue weighted by Gasteiger charge is 2.26. The van der Waals surface area contributed by atoms with E-state index in [1.54, 1.807) is 38.5 Å². The largest absolute Gasteiger partial charge is 0.493 e. The summed E-state index contributed by atoms with van der Waals surface area (Å²) in [6.07, 6.45) is 3.23. The second-order valence-electron chi connectivity index (χ2n) is 7.07. The van der Waals surface area contributed by atoms with Crippen molar-refractivity contribution in [2.24, 2.45) is 0 Å². The molecule has 7 heteroatoms. The number of hydrogen-bond acceptors (Lipinski definition) is 4. The number of benzene rings is 2. The molecule has 0 radical (unpaired) electrons. The second kappa shape index (κ2) is 10.8. The fourth-order valence-electron chi connectivity index (χ4n) is 3.57. The third kappa shape index (κ3) is 5.81. The van der Waals surface area contributed by atoms with Crippen molar-refractivity contribution >= 4 is 12.0 Å². The topological polar surface area (TPSA) is 61.2 Å². The number of carbonyl (C=O) groups is 1. The van der Waals surface area contributed by atoms with Gasteiger partial charge >= 0.3 is 0 Å². The van der Waals surface area contributed by atoms with Crippen LogP contribution in [-0.2, 0) is 9.53 Å². The Bertz CT molecular complexity index is 864. The standard InChI is InChI=1S/C23H27FN2O4/c1-28-21-9-3-17(15-22(21)29-2)4-10-23(27)25-16-20(26-11-13-30-14-12-26)18-5-7-19(24)8-6-18/h3-10,15,20H,11-14,16H2,1-2H3,(H,25,27)/p+1/b10-4+/t20-/m0/s1. The van der Waals surface area contributed by atoms with Crippen LogP contribution in [0.5, 0.6) is 11.5 Å². The summed E-state index contributed by atoms with van der Waals surface area (Å²) in [6.45, 7) is 3.51. The molecule has 0 aliphatic carbocycles. The number of methoxy groups -OCH3 is 2. The van der Waals surface area contributed by atoms with Gasteiger partial charge in [0, 0.05) is 11.6 Å². The molecule has 0 bridgehead atoms. The summed E-state index contributed by atoms with van der Waals surface area (Å²) in [5.41, 5.74) is 1.83. The van der Waals surface area contributed by atoms with Crippen molar-refractivity contribution in [3.05, 3.63) is 65.5 Å². The predicted molar refractivity (Wildman–Crippen MR) is 112 cm³/mol. The number of morpholine rings is 1. The summed E-state index contributed by atoms with van der Waals surface area (Å²) in [5, 5.41) is 2.98. The third-order valence-electron chi connectivity index (χ3n) is 5.22. The van der Waals surface area contributed by atoms with Crippen LogP contribution in [0.2, 0.25) is 0 Å². The number of ether oxygens (including phenoxy) is 3. The third-order valence-corrected chi connectivity index (χ3v) is 5.22. The van der Waals surface area contributed by atoms with E-state index < -0.39 is 0 Å². The molecule has 2 N–H and O–H groups in total. The molecule has 1 atom stereocenters. The van der Waals surface area contributed by atoms with E-state index in [1.165, 1.54) is 23.1 Å². The lowest BCUT2D eigenvalue weighted by Crippen LogP contribution is -3.15. The Morgan fingerprint density at radius 2 is 1.83 bits per heavy atom. The number of nitrogens with one attached hydrogen (secondary N) is 2. The van der Waals surface area contributed by atoms with Crippen molar-refractivity contribution in [2.45, 2.75) is 6.04 Å². The van der Waals surface area contributed by atoms with E-state index in [2.05, 4.69) is 5.32 Å². The summed E-state index contributed by atoms with van der Waals surface area (Å²) in [5.74, 6) is 0.781. The molecule has 2 aromatic carbocycles. The molecule has 0 spiro atoms. The number of quaternary nitrogens is 1. The van der Waals surface area contributed by atoms with Gasteiger partial charge in [-0.25, -0.2) is 4.39 Å². The summed E-state index contributed by atoms with van der Waals surface area (Å²) in [4.78, 5) is 13.7. The summed E-state index contributed by atoms with van der Waals surface area (Å²) in [6, 6.07) is 12.0. The highest BCUT2D eigenvalue weighted by atomic mass is 19.1. The van der Waals surface area contributed by atoms with Crippen molar-refractivity contribution in [3.63, 3.8) is 0 Å². The molecule has 1 amide bonds.